The Morgan fingerprint density at radius 2 is 1.69 bits per heavy atom. The molecule has 1 nitrogen and oxygen atoms in total. The van der Waals surface area contributed by atoms with Crippen LogP contribution in [-0.4, -0.2) is 12.2 Å². The van der Waals surface area contributed by atoms with E-state index in [-0.39, 0.29) is 18.3 Å². The van der Waals surface area contributed by atoms with E-state index >= 15 is 0 Å². The molecule has 0 bridgehead atoms. The second-order valence-corrected chi connectivity index (χ2v) is 3.94. The van der Waals surface area contributed by atoms with Gasteiger partial charge in [0, 0.05) is 6.04 Å². The highest BCUT2D eigenvalue weighted by Gasteiger charge is 2.43. The zero-order valence-electron chi connectivity index (χ0n) is 8.39. The highest BCUT2D eigenvalue weighted by Crippen LogP contribution is 2.34. The van der Waals surface area contributed by atoms with Crippen LogP contribution in [0.2, 0.25) is 0 Å². The molecule has 16 heavy (non-hydrogen) atoms. The Balaban J connectivity index is 2.06. The molecule has 5 heteroatoms. The van der Waals surface area contributed by atoms with E-state index in [0.717, 1.165) is 0 Å². The molecule has 1 saturated heterocycles. The fraction of sp³-hybridized carbons (Fsp3) is 0.455. The summed E-state index contributed by atoms with van der Waals surface area (Å²) in [5.41, 5.74) is 0.702. The van der Waals surface area contributed by atoms with Gasteiger partial charge in [0.25, 0.3) is 0 Å². The van der Waals surface area contributed by atoms with Crippen molar-refractivity contribution in [2.75, 3.05) is 0 Å². The Bertz CT molecular complexity index is 357. The third-order valence-corrected chi connectivity index (χ3v) is 2.81. The zero-order valence-corrected chi connectivity index (χ0v) is 8.39. The summed E-state index contributed by atoms with van der Waals surface area (Å²) in [6.07, 6.45) is -3.70. The molecule has 2 atom stereocenters. The number of hydrogen-bond acceptors (Lipinski definition) is 1. The average molecular weight is 233 g/mol. The molecule has 0 aliphatic carbocycles. The summed E-state index contributed by atoms with van der Waals surface area (Å²) in [7, 11) is 0. The molecule has 1 fully saturated rings. The second kappa shape index (κ2) is 4.05. The van der Waals surface area contributed by atoms with E-state index in [9.17, 15) is 17.6 Å². The fourth-order valence-electron chi connectivity index (χ4n) is 1.96. The second-order valence-electron chi connectivity index (χ2n) is 3.94. The maximum absolute atomic E-state index is 12.6. The Labute approximate surface area is 90.5 Å². The van der Waals surface area contributed by atoms with Gasteiger partial charge in [0.05, 0.1) is 0 Å². The van der Waals surface area contributed by atoms with Crippen molar-refractivity contribution in [1.29, 1.82) is 0 Å². The molecule has 1 N–H and O–H groups in total. The first-order valence-corrected chi connectivity index (χ1v) is 5.05. The smallest absolute Gasteiger partial charge is 0.299 e. The van der Waals surface area contributed by atoms with Gasteiger partial charge in [-0.3, -0.25) is 5.32 Å². The Morgan fingerprint density at radius 3 is 2.19 bits per heavy atom. The lowest BCUT2D eigenvalue weighted by Gasteiger charge is -2.17. The van der Waals surface area contributed by atoms with Gasteiger partial charge >= 0.3 is 6.18 Å². The van der Waals surface area contributed by atoms with Gasteiger partial charge in [0.2, 0.25) is 0 Å². The van der Waals surface area contributed by atoms with Crippen LogP contribution in [0.3, 0.4) is 0 Å². The van der Waals surface area contributed by atoms with Crippen LogP contribution in [0.1, 0.15) is 24.4 Å². The number of hydrogen-bond donors (Lipinski definition) is 1. The highest BCUT2D eigenvalue weighted by molar-refractivity contribution is 5.21. The summed E-state index contributed by atoms with van der Waals surface area (Å²) < 4.78 is 49.8. The largest absolute Gasteiger partial charge is 0.403 e. The number of halogens is 4. The lowest BCUT2D eigenvalue weighted by atomic mass is 10.1. The summed E-state index contributed by atoms with van der Waals surface area (Å²) in [6, 6.07) is 3.79. The maximum Gasteiger partial charge on any atom is 0.403 e. The van der Waals surface area contributed by atoms with E-state index in [2.05, 4.69) is 5.32 Å². The number of benzene rings is 1. The molecule has 0 amide bonds. The lowest BCUT2D eigenvalue weighted by molar-refractivity contribution is -0.152. The normalized spacial score (nSPS) is 26.0. The van der Waals surface area contributed by atoms with Crippen LogP contribution in [0.4, 0.5) is 17.6 Å². The van der Waals surface area contributed by atoms with E-state index in [1.54, 1.807) is 0 Å². The average Bonchev–Trinajstić information content (AvgIpc) is 2.67. The van der Waals surface area contributed by atoms with Crippen molar-refractivity contribution in [3.8, 4) is 0 Å². The van der Waals surface area contributed by atoms with Crippen LogP contribution in [-0.2, 0) is 0 Å². The predicted molar refractivity (Wildman–Crippen MR) is 51.4 cm³/mol. The van der Waals surface area contributed by atoms with Crippen LogP contribution in [0, 0.1) is 5.82 Å². The molecule has 1 aromatic rings. The first-order valence-electron chi connectivity index (χ1n) is 5.05. The third-order valence-electron chi connectivity index (χ3n) is 2.81. The Hall–Kier alpha value is -1.10. The van der Waals surface area contributed by atoms with E-state index in [1.165, 1.54) is 24.3 Å². The molecule has 88 valence electrons. The molecule has 0 radical (unpaired) electrons. The molecule has 1 heterocycles. The number of rotatable bonds is 1. The van der Waals surface area contributed by atoms with Gasteiger partial charge in [0.15, 0.2) is 0 Å². The van der Waals surface area contributed by atoms with E-state index in [1.807, 2.05) is 0 Å². The van der Waals surface area contributed by atoms with Crippen molar-refractivity contribution >= 4 is 0 Å². The summed E-state index contributed by atoms with van der Waals surface area (Å²) in [6.45, 7) is 0. The SMILES string of the molecule is Fc1ccc([C@H]2CC[C@@H](C(F)(F)F)N2)cc1. The van der Waals surface area contributed by atoms with Crippen molar-refractivity contribution < 1.29 is 17.6 Å². The minimum atomic E-state index is -4.20. The van der Waals surface area contributed by atoms with Gasteiger partial charge in [-0.15, -0.1) is 0 Å². The minimum absolute atomic E-state index is 0.0749. The van der Waals surface area contributed by atoms with Crippen LogP contribution in [0.5, 0.6) is 0 Å². The summed E-state index contributed by atoms with van der Waals surface area (Å²) >= 11 is 0. The van der Waals surface area contributed by atoms with E-state index < -0.39 is 12.2 Å². The van der Waals surface area contributed by atoms with E-state index in [4.69, 9.17) is 0 Å². The van der Waals surface area contributed by atoms with Gasteiger partial charge in [0.1, 0.15) is 11.9 Å². The molecule has 0 spiro atoms. The van der Waals surface area contributed by atoms with Crippen molar-refractivity contribution in [2.24, 2.45) is 0 Å². The molecular formula is C11H11F4N. The van der Waals surface area contributed by atoms with Gasteiger partial charge < -0.3 is 0 Å². The van der Waals surface area contributed by atoms with Crippen molar-refractivity contribution in [3.63, 3.8) is 0 Å². The standard InChI is InChI=1S/C11H11F4N/c12-8-3-1-7(2-4-8)9-5-6-10(16-9)11(13,14)15/h1-4,9-10,16H,5-6H2/t9-,10+/m1/s1. The van der Waals surface area contributed by atoms with Gasteiger partial charge in [-0.25, -0.2) is 4.39 Å². The number of nitrogens with one attached hydrogen (secondary N) is 1. The minimum Gasteiger partial charge on any atom is -0.299 e. The summed E-state index contributed by atoms with van der Waals surface area (Å²) in [5.74, 6) is -0.380. The first kappa shape index (κ1) is 11.4. The first-order chi connectivity index (χ1) is 7.47. The van der Waals surface area contributed by atoms with Gasteiger partial charge in [-0.1, -0.05) is 12.1 Å². The third kappa shape index (κ3) is 2.35. The molecule has 0 unspecified atom stereocenters. The maximum atomic E-state index is 12.6. The highest BCUT2D eigenvalue weighted by atomic mass is 19.4. The Kier molecular flexibility index (Phi) is 2.88. The molecular weight excluding hydrogens is 222 g/mol. The van der Waals surface area contributed by atoms with Crippen LogP contribution >= 0.6 is 0 Å². The lowest BCUT2D eigenvalue weighted by Crippen LogP contribution is -2.38. The quantitative estimate of drug-likeness (QED) is 0.734. The molecule has 1 aromatic carbocycles. The topological polar surface area (TPSA) is 12.0 Å². The van der Waals surface area contributed by atoms with Gasteiger partial charge in [-0.05, 0) is 30.5 Å². The molecule has 1 aliphatic rings. The Morgan fingerprint density at radius 1 is 1.06 bits per heavy atom. The van der Waals surface area contributed by atoms with Crippen LogP contribution in [0.15, 0.2) is 24.3 Å². The van der Waals surface area contributed by atoms with E-state index in [0.29, 0.717) is 12.0 Å². The number of alkyl halides is 3. The summed E-state index contributed by atoms with van der Waals surface area (Å²) in [4.78, 5) is 0. The van der Waals surface area contributed by atoms with Crippen molar-refractivity contribution in [2.45, 2.75) is 31.1 Å². The van der Waals surface area contributed by atoms with Gasteiger partial charge in [-0.2, -0.15) is 13.2 Å². The van der Waals surface area contributed by atoms with Crippen molar-refractivity contribution in [1.82, 2.24) is 5.32 Å². The fourth-order valence-corrected chi connectivity index (χ4v) is 1.96. The molecule has 1 aliphatic heterocycles. The monoisotopic (exact) mass is 233 g/mol. The predicted octanol–water partition coefficient (Wildman–Crippen LogP) is 3.18. The van der Waals surface area contributed by atoms with Crippen LogP contribution < -0.4 is 5.32 Å². The summed E-state index contributed by atoms with van der Waals surface area (Å²) in [5, 5.41) is 2.52. The van der Waals surface area contributed by atoms with Crippen LogP contribution in [0.25, 0.3) is 0 Å². The molecule has 0 saturated carbocycles. The zero-order chi connectivity index (χ0) is 11.8. The molecule has 2 rings (SSSR count). The molecule has 0 aromatic heterocycles. The van der Waals surface area contributed by atoms with Crippen molar-refractivity contribution in [3.05, 3.63) is 35.6 Å².